The van der Waals surface area contributed by atoms with Crippen LogP contribution in [0.15, 0.2) is 0 Å². The largest absolute Gasteiger partial charge is 0.479 e. The summed E-state index contributed by atoms with van der Waals surface area (Å²) in [5, 5.41) is 23.8. The molecule has 0 heterocycles. The smallest absolute Gasteiger partial charge is 0.332 e. The molecule has 3 N–H and O–H groups in total. The van der Waals surface area contributed by atoms with Crippen molar-refractivity contribution in [1.29, 1.82) is 0 Å². The van der Waals surface area contributed by atoms with E-state index in [1.54, 1.807) is 13.8 Å². The van der Waals surface area contributed by atoms with Crippen LogP contribution in [0.4, 0.5) is 0 Å². The second kappa shape index (κ2) is 6.51. The minimum absolute atomic E-state index is 0.167. The van der Waals surface area contributed by atoms with Crippen LogP contribution >= 0.6 is 0 Å². The maximum atomic E-state index is 9.45. The molecule has 0 aromatic carbocycles. The zero-order valence-corrected chi connectivity index (χ0v) is 6.40. The van der Waals surface area contributed by atoms with Gasteiger partial charge in [-0.1, -0.05) is 0 Å². The van der Waals surface area contributed by atoms with Crippen LogP contribution in [0.1, 0.15) is 20.8 Å². The molecule has 4 nitrogen and oxygen atoms in total. The van der Waals surface area contributed by atoms with E-state index in [1.165, 1.54) is 6.92 Å². The highest BCUT2D eigenvalue weighted by atomic mass is 16.4. The number of hydrogen-bond donors (Lipinski definition) is 3. The van der Waals surface area contributed by atoms with Gasteiger partial charge in [0.05, 0.1) is 0 Å². The lowest BCUT2D eigenvalue weighted by molar-refractivity contribution is -0.145. The van der Waals surface area contributed by atoms with Crippen molar-refractivity contribution in [2.24, 2.45) is 0 Å². The number of hydrogen-bond acceptors (Lipinski definition) is 3. The van der Waals surface area contributed by atoms with Crippen LogP contribution < -0.4 is 0 Å². The Kier molecular flexibility index (Phi) is 7.88. The summed E-state index contributed by atoms with van der Waals surface area (Å²) in [6.07, 6.45) is -1.40. The molecule has 0 rings (SSSR count). The molecule has 0 aliphatic heterocycles. The average Bonchev–Trinajstić information content (AvgIpc) is 1.63. The van der Waals surface area contributed by atoms with Crippen molar-refractivity contribution in [3.8, 4) is 0 Å². The molecular weight excluding hydrogens is 136 g/mol. The van der Waals surface area contributed by atoms with Gasteiger partial charge >= 0.3 is 5.97 Å². The molecule has 62 valence electrons. The van der Waals surface area contributed by atoms with Crippen LogP contribution in [0, 0.1) is 0 Å². The van der Waals surface area contributed by atoms with Crippen molar-refractivity contribution < 1.29 is 20.1 Å². The Balaban J connectivity index is 0. The van der Waals surface area contributed by atoms with E-state index in [1.807, 2.05) is 0 Å². The number of aliphatic carboxylic acids is 1. The zero-order chi connectivity index (χ0) is 8.73. The van der Waals surface area contributed by atoms with Gasteiger partial charge in [-0.15, -0.1) is 0 Å². The first-order chi connectivity index (χ1) is 4.37. The van der Waals surface area contributed by atoms with E-state index < -0.39 is 12.1 Å². The maximum absolute atomic E-state index is 9.45. The minimum atomic E-state index is -1.23. The topological polar surface area (TPSA) is 77.8 Å². The molecule has 0 spiro atoms. The van der Waals surface area contributed by atoms with Gasteiger partial charge in [0.1, 0.15) is 6.10 Å². The Bertz CT molecular complexity index is 85.0. The first-order valence-corrected chi connectivity index (χ1v) is 2.96. The quantitative estimate of drug-likeness (QED) is 0.485. The molecule has 0 radical (unpaired) electrons. The molecule has 1 unspecified atom stereocenters. The molecule has 0 aromatic heterocycles. The molecule has 0 aromatic rings. The highest BCUT2D eigenvalue weighted by molar-refractivity contribution is 5.71. The fourth-order valence-electron chi connectivity index (χ4n) is 0. The van der Waals surface area contributed by atoms with Gasteiger partial charge in [-0.3, -0.25) is 0 Å². The van der Waals surface area contributed by atoms with Crippen molar-refractivity contribution in [3.05, 3.63) is 0 Å². The fourth-order valence-corrected chi connectivity index (χ4v) is 0. The number of aliphatic hydroxyl groups is 2. The van der Waals surface area contributed by atoms with Crippen LogP contribution in [0.25, 0.3) is 0 Å². The third-order valence-electron chi connectivity index (χ3n) is 0.357. The Morgan fingerprint density at radius 2 is 1.30 bits per heavy atom. The Morgan fingerprint density at radius 3 is 1.30 bits per heavy atom. The molecule has 10 heavy (non-hydrogen) atoms. The second-order valence-corrected chi connectivity index (χ2v) is 2.11. The van der Waals surface area contributed by atoms with E-state index in [-0.39, 0.29) is 6.10 Å². The van der Waals surface area contributed by atoms with E-state index in [4.69, 9.17) is 15.3 Å². The third-order valence-corrected chi connectivity index (χ3v) is 0.357. The SMILES string of the molecule is CC(C)O.CC(O)C(=O)O. The van der Waals surface area contributed by atoms with Gasteiger partial charge in [0, 0.05) is 6.10 Å². The number of aliphatic hydroxyl groups excluding tert-OH is 2. The predicted octanol–water partition coefficient (Wildman–Crippen LogP) is -0.161. The van der Waals surface area contributed by atoms with Gasteiger partial charge in [0.15, 0.2) is 0 Å². The molecule has 0 fully saturated rings. The van der Waals surface area contributed by atoms with E-state index in [0.29, 0.717) is 0 Å². The number of carboxylic acid groups (broad SMARTS) is 1. The summed E-state index contributed by atoms with van der Waals surface area (Å²) >= 11 is 0. The lowest BCUT2D eigenvalue weighted by atomic mass is 10.4. The minimum Gasteiger partial charge on any atom is -0.479 e. The Morgan fingerprint density at radius 1 is 1.20 bits per heavy atom. The van der Waals surface area contributed by atoms with Gasteiger partial charge < -0.3 is 15.3 Å². The highest BCUT2D eigenvalue weighted by Crippen LogP contribution is 1.73. The summed E-state index contributed by atoms with van der Waals surface area (Å²) in [5.74, 6) is -1.19. The number of carboxylic acids is 1. The van der Waals surface area contributed by atoms with Crippen LogP contribution in [0.5, 0.6) is 0 Å². The van der Waals surface area contributed by atoms with E-state index >= 15 is 0 Å². The normalized spacial score (nSPS) is 11.8. The summed E-state index contributed by atoms with van der Waals surface area (Å²) in [4.78, 5) is 9.45. The van der Waals surface area contributed by atoms with Crippen LogP contribution in [0.3, 0.4) is 0 Å². The molecule has 0 bridgehead atoms. The highest BCUT2D eigenvalue weighted by Gasteiger charge is 2.01. The van der Waals surface area contributed by atoms with Crippen molar-refractivity contribution in [2.75, 3.05) is 0 Å². The lowest BCUT2D eigenvalue weighted by Crippen LogP contribution is -2.13. The molecule has 0 saturated carbocycles. The van der Waals surface area contributed by atoms with Crippen LogP contribution in [-0.4, -0.2) is 33.5 Å². The van der Waals surface area contributed by atoms with Crippen molar-refractivity contribution >= 4 is 5.97 Å². The first-order valence-electron chi connectivity index (χ1n) is 2.96. The third kappa shape index (κ3) is 26.3. The summed E-state index contributed by atoms with van der Waals surface area (Å²) in [6.45, 7) is 4.64. The maximum Gasteiger partial charge on any atom is 0.332 e. The van der Waals surface area contributed by atoms with Gasteiger partial charge in [-0.2, -0.15) is 0 Å². The van der Waals surface area contributed by atoms with Gasteiger partial charge in [-0.05, 0) is 20.8 Å². The molecular formula is C6H14O4. The van der Waals surface area contributed by atoms with E-state index in [9.17, 15) is 4.79 Å². The summed E-state index contributed by atoms with van der Waals surface area (Å²) in [7, 11) is 0. The molecule has 0 aliphatic carbocycles. The van der Waals surface area contributed by atoms with Crippen molar-refractivity contribution in [3.63, 3.8) is 0 Å². The fraction of sp³-hybridized carbons (Fsp3) is 0.833. The van der Waals surface area contributed by atoms with Gasteiger partial charge in [-0.25, -0.2) is 4.79 Å². The first kappa shape index (κ1) is 12.1. The molecule has 1 atom stereocenters. The monoisotopic (exact) mass is 150 g/mol. The van der Waals surface area contributed by atoms with Gasteiger partial charge in [0.25, 0.3) is 0 Å². The Hall–Kier alpha value is -0.610. The molecule has 0 amide bonds. The standard InChI is InChI=1S/C3H6O3.C3H8O/c1-2(4)3(5)6;1-3(2)4/h2,4H,1H3,(H,5,6);3-4H,1-2H3. The van der Waals surface area contributed by atoms with Gasteiger partial charge in [0.2, 0.25) is 0 Å². The number of carbonyl (C=O) groups is 1. The molecule has 0 saturated heterocycles. The molecule has 0 aliphatic rings. The summed E-state index contributed by atoms with van der Waals surface area (Å²) < 4.78 is 0. The zero-order valence-electron chi connectivity index (χ0n) is 6.40. The predicted molar refractivity (Wildman–Crippen MR) is 36.7 cm³/mol. The van der Waals surface area contributed by atoms with Crippen LogP contribution in [-0.2, 0) is 4.79 Å². The Labute approximate surface area is 60.1 Å². The van der Waals surface area contributed by atoms with Crippen molar-refractivity contribution in [1.82, 2.24) is 0 Å². The lowest BCUT2D eigenvalue weighted by Gasteiger charge is -1.89. The second-order valence-electron chi connectivity index (χ2n) is 2.11. The number of rotatable bonds is 1. The summed E-state index contributed by atoms with van der Waals surface area (Å²) in [5.41, 5.74) is 0. The van der Waals surface area contributed by atoms with Crippen LogP contribution in [0.2, 0.25) is 0 Å². The average molecular weight is 150 g/mol. The summed E-state index contributed by atoms with van der Waals surface area (Å²) in [6, 6.07) is 0. The van der Waals surface area contributed by atoms with E-state index in [2.05, 4.69) is 0 Å². The van der Waals surface area contributed by atoms with E-state index in [0.717, 1.165) is 0 Å². The molecule has 4 heteroatoms. The van der Waals surface area contributed by atoms with Crippen molar-refractivity contribution in [2.45, 2.75) is 33.0 Å².